The molecule has 1 heterocycles. The van der Waals surface area contributed by atoms with Crippen LogP contribution in [0.5, 0.6) is 11.8 Å². The molecule has 14 heavy (non-hydrogen) atoms. The lowest BCUT2D eigenvalue weighted by molar-refractivity contribution is 0.384. The number of alkyl halides is 2. The van der Waals surface area contributed by atoms with Crippen molar-refractivity contribution in [1.82, 2.24) is 4.57 Å². The van der Waals surface area contributed by atoms with Crippen LogP contribution in [0.4, 0.5) is 0 Å². The van der Waals surface area contributed by atoms with Crippen LogP contribution in [0.2, 0.25) is 0 Å². The normalized spacial score (nSPS) is 26.2. The van der Waals surface area contributed by atoms with E-state index in [1.165, 1.54) is 4.57 Å². The first-order valence-corrected chi connectivity index (χ1v) is 6.22. The van der Waals surface area contributed by atoms with E-state index in [9.17, 15) is 10.2 Å². The highest BCUT2D eigenvalue weighted by Gasteiger charge is 2.31. The van der Waals surface area contributed by atoms with Gasteiger partial charge in [-0.25, -0.2) is 0 Å². The van der Waals surface area contributed by atoms with Gasteiger partial charge in [-0.05, 0) is 12.8 Å². The van der Waals surface area contributed by atoms with Gasteiger partial charge in [0.15, 0.2) is 11.8 Å². The molecule has 0 spiro atoms. The zero-order chi connectivity index (χ0) is 10.5. The summed E-state index contributed by atoms with van der Waals surface area (Å²) in [6, 6.07) is 0. The molecule has 0 bridgehead atoms. The molecule has 0 radical (unpaired) electrons. The third-order valence-corrected chi connectivity index (χ3v) is 5.36. The van der Waals surface area contributed by atoms with Gasteiger partial charge in [0.05, 0.1) is 0 Å². The van der Waals surface area contributed by atoms with E-state index in [0.29, 0.717) is 9.65 Å². The average molecular weight is 325 g/mol. The van der Waals surface area contributed by atoms with Crippen LogP contribution in [-0.4, -0.2) is 24.4 Å². The molecule has 0 saturated carbocycles. The topological polar surface area (TPSA) is 45.4 Å². The highest BCUT2D eigenvalue weighted by Crippen LogP contribution is 2.41. The number of nitrogens with zero attached hydrogens (tertiary/aromatic N) is 1. The van der Waals surface area contributed by atoms with Gasteiger partial charge in [-0.3, -0.25) is 4.57 Å². The molecule has 0 aromatic carbocycles. The summed E-state index contributed by atoms with van der Waals surface area (Å²) in [4.78, 5) is 0.616. The Bertz CT molecular complexity index is 342. The molecule has 78 valence electrons. The van der Waals surface area contributed by atoms with Crippen LogP contribution in [0.25, 0.3) is 0 Å². The van der Waals surface area contributed by atoms with Crippen molar-refractivity contribution in [3.05, 3.63) is 11.1 Å². The number of rotatable bonds is 0. The van der Waals surface area contributed by atoms with Crippen molar-refractivity contribution in [2.75, 3.05) is 0 Å². The predicted octanol–water partition coefficient (Wildman–Crippen LogP) is 2.06. The number of aromatic nitrogens is 1. The van der Waals surface area contributed by atoms with Crippen molar-refractivity contribution < 1.29 is 10.2 Å². The standard InChI is InChI=1S/C9H11Br2NO2/c1-12-8(13)4-2-6(10)7(11)3-5(4)9(12)14/h6-7,13-14H,2-3H2,1H3. The second-order valence-electron chi connectivity index (χ2n) is 3.60. The summed E-state index contributed by atoms with van der Waals surface area (Å²) in [5, 5.41) is 19.5. The molecule has 2 unspecified atom stereocenters. The molecular formula is C9H11Br2NO2. The van der Waals surface area contributed by atoms with E-state index < -0.39 is 0 Å². The van der Waals surface area contributed by atoms with Gasteiger partial charge in [-0.2, -0.15) is 0 Å². The number of halogens is 2. The van der Waals surface area contributed by atoms with Gasteiger partial charge < -0.3 is 10.2 Å². The predicted molar refractivity (Wildman–Crippen MR) is 61.6 cm³/mol. The summed E-state index contributed by atoms with van der Waals surface area (Å²) < 4.78 is 1.43. The highest BCUT2D eigenvalue weighted by atomic mass is 79.9. The van der Waals surface area contributed by atoms with Crippen LogP contribution in [-0.2, 0) is 19.9 Å². The van der Waals surface area contributed by atoms with Gasteiger partial charge in [-0.15, -0.1) is 0 Å². The largest absolute Gasteiger partial charge is 0.494 e. The van der Waals surface area contributed by atoms with Gasteiger partial charge in [-0.1, -0.05) is 31.9 Å². The lowest BCUT2D eigenvalue weighted by Crippen LogP contribution is -2.24. The molecule has 1 aliphatic rings. The van der Waals surface area contributed by atoms with Crippen molar-refractivity contribution in [3.63, 3.8) is 0 Å². The lowest BCUT2D eigenvalue weighted by Gasteiger charge is -2.22. The van der Waals surface area contributed by atoms with E-state index in [1.807, 2.05) is 0 Å². The molecule has 1 aliphatic carbocycles. The smallest absolute Gasteiger partial charge is 0.197 e. The molecule has 0 saturated heterocycles. The number of hydrogen-bond donors (Lipinski definition) is 2. The second-order valence-corrected chi connectivity index (χ2v) is 5.96. The molecule has 2 atom stereocenters. The fourth-order valence-corrected chi connectivity index (χ4v) is 2.87. The van der Waals surface area contributed by atoms with Crippen molar-refractivity contribution in [2.24, 2.45) is 7.05 Å². The zero-order valence-corrected chi connectivity index (χ0v) is 10.8. The van der Waals surface area contributed by atoms with Crippen LogP contribution in [0, 0.1) is 0 Å². The quantitative estimate of drug-likeness (QED) is 0.718. The molecule has 1 aromatic rings. The van der Waals surface area contributed by atoms with E-state index in [2.05, 4.69) is 31.9 Å². The first-order chi connectivity index (χ1) is 6.52. The molecule has 0 fully saturated rings. The Labute approximate surface area is 99.0 Å². The number of hydrogen-bond acceptors (Lipinski definition) is 2. The summed E-state index contributed by atoms with van der Waals surface area (Å²) in [7, 11) is 1.66. The van der Waals surface area contributed by atoms with E-state index in [1.54, 1.807) is 7.05 Å². The van der Waals surface area contributed by atoms with Crippen molar-refractivity contribution >= 4 is 31.9 Å². The van der Waals surface area contributed by atoms with Gasteiger partial charge >= 0.3 is 0 Å². The third kappa shape index (κ3) is 1.37. The molecule has 1 aromatic heterocycles. The SMILES string of the molecule is Cn1c(O)c2c(c1O)CC(Br)C(Br)C2. The molecule has 3 nitrogen and oxygen atoms in total. The van der Waals surface area contributed by atoms with Gasteiger partial charge in [0.1, 0.15) is 0 Å². The van der Waals surface area contributed by atoms with E-state index in [0.717, 1.165) is 24.0 Å². The number of aromatic hydroxyl groups is 2. The maximum Gasteiger partial charge on any atom is 0.197 e. The fourth-order valence-electron chi connectivity index (χ4n) is 1.85. The molecule has 5 heteroatoms. The Morgan fingerprint density at radius 2 is 1.43 bits per heavy atom. The van der Waals surface area contributed by atoms with Gasteiger partial charge in [0.25, 0.3) is 0 Å². The molecule has 2 rings (SSSR count). The van der Waals surface area contributed by atoms with Crippen LogP contribution < -0.4 is 0 Å². The van der Waals surface area contributed by atoms with Crippen LogP contribution in [0.1, 0.15) is 11.1 Å². The van der Waals surface area contributed by atoms with E-state index >= 15 is 0 Å². The Morgan fingerprint density at radius 1 is 1.07 bits per heavy atom. The third-order valence-electron chi connectivity index (χ3n) is 2.73. The highest BCUT2D eigenvalue weighted by molar-refractivity contribution is 9.12. The summed E-state index contributed by atoms with van der Waals surface area (Å²) in [5.74, 6) is 0.364. The maximum atomic E-state index is 9.74. The zero-order valence-electron chi connectivity index (χ0n) is 7.67. The Hall–Kier alpha value is -0.160. The summed E-state index contributed by atoms with van der Waals surface area (Å²) in [5.41, 5.74) is 1.73. The average Bonchev–Trinajstić information content (AvgIpc) is 2.34. The first-order valence-electron chi connectivity index (χ1n) is 4.39. The summed E-state index contributed by atoms with van der Waals surface area (Å²) in [6.45, 7) is 0. The minimum absolute atomic E-state index is 0.182. The minimum atomic E-state index is 0.182. The summed E-state index contributed by atoms with van der Waals surface area (Å²) in [6.07, 6.45) is 1.48. The van der Waals surface area contributed by atoms with Crippen LogP contribution >= 0.6 is 31.9 Å². The first kappa shape index (κ1) is 10.4. The summed E-state index contributed by atoms with van der Waals surface area (Å²) >= 11 is 7.09. The fraction of sp³-hybridized carbons (Fsp3) is 0.556. The number of fused-ring (bicyclic) bond motifs is 1. The van der Waals surface area contributed by atoms with Crippen LogP contribution in [0.3, 0.4) is 0 Å². The maximum absolute atomic E-state index is 9.74. The minimum Gasteiger partial charge on any atom is -0.494 e. The second kappa shape index (κ2) is 3.45. The molecule has 0 amide bonds. The Morgan fingerprint density at radius 3 is 1.79 bits per heavy atom. The molecular weight excluding hydrogens is 314 g/mol. The van der Waals surface area contributed by atoms with E-state index in [4.69, 9.17) is 0 Å². The lowest BCUT2D eigenvalue weighted by atomic mass is 9.95. The van der Waals surface area contributed by atoms with Gasteiger partial charge in [0, 0.05) is 27.8 Å². The van der Waals surface area contributed by atoms with Crippen LogP contribution in [0.15, 0.2) is 0 Å². The van der Waals surface area contributed by atoms with Crippen molar-refractivity contribution in [2.45, 2.75) is 22.5 Å². The Balaban J connectivity index is 2.52. The van der Waals surface area contributed by atoms with Crippen molar-refractivity contribution in [3.8, 4) is 11.8 Å². The molecule has 0 aliphatic heterocycles. The monoisotopic (exact) mass is 323 g/mol. The van der Waals surface area contributed by atoms with E-state index in [-0.39, 0.29) is 11.8 Å². The van der Waals surface area contributed by atoms with Gasteiger partial charge in [0.2, 0.25) is 0 Å². The van der Waals surface area contributed by atoms with Crippen molar-refractivity contribution in [1.29, 1.82) is 0 Å². The Kier molecular flexibility index (Phi) is 2.55. The molecule has 2 N–H and O–H groups in total.